The molecule has 2 heteroatoms. The number of hydrogen-bond acceptors (Lipinski definition) is 2. The molecule has 1 unspecified atom stereocenters. The van der Waals surface area contributed by atoms with Crippen LogP contribution in [0.2, 0.25) is 0 Å². The lowest BCUT2D eigenvalue weighted by Gasteiger charge is -2.45. The minimum absolute atomic E-state index is 0.466. The second-order valence-electron chi connectivity index (χ2n) is 6.03. The van der Waals surface area contributed by atoms with Gasteiger partial charge < -0.3 is 10.1 Å². The molecule has 0 bridgehead atoms. The lowest BCUT2D eigenvalue weighted by Crippen LogP contribution is -2.47. The van der Waals surface area contributed by atoms with Crippen molar-refractivity contribution in [1.82, 2.24) is 5.32 Å². The lowest BCUT2D eigenvalue weighted by molar-refractivity contribution is -0.0508. The molecule has 17 heavy (non-hydrogen) atoms. The van der Waals surface area contributed by atoms with Gasteiger partial charge in [-0.25, -0.2) is 0 Å². The molecule has 100 valence electrons. The van der Waals surface area contributed by atoms with E-state index in [-0.39, 0.29) is 0 Å². The van der Waals surface area contributed by atoms with Gasteiger partial charge in [-0.15, -0.1) is 0 Å². The average Bonchev–Trinajstić information content (AvgIpc) is 2.41. The Labute approximate surface area is 107 Å². The van der Waals surface area contributed by atoms with Crippen LogP contribution in [0.3, 0.4) is 0 Å². The van der Waals surface area contributed by atoms with Crippen molar-refractivity contribution in [3.63, 3.8) is 0 Å². The van der Waals surface area contributed by atoms with E-state index in [1.165, 1.54) is 57.9 Å². The van der Waals surface area contributed by atoms with Gasteiger partial charge in [-0.3, -0.25) is 0 Å². The molecule has 2 rings (SSSR count). The van der Waals surface area contributed by atoms with Gasteiger partial charge in [-0.2, -0.15) is 0 Å². The van der Waals surface area contributed by atoms with Crippen molar-refractivity contribution in [2.75, 3.05) is 26.3 Å². The fraction of sp³-hybridized carbons (Fsp3) is 1.00. The van der Waals surface area contributed by atoms with Crippen molar-refractivity contribution in [3.8, 4) is 0 Å². The zero-order chi connectivity index (χ0) is 12.0. The van der Waals surface area contributed by atoms with Crippen LogP contribution >= 0.6 is 0 Å². The van der Waals surface area contributed by atoms with Gasteiger partial charge in [-0.05, 0) is 44.6 Å². The molecule has 0 aromatic rings. The third-order valence-electron chi connectivity index (χ3n) is 4.73. The predicted molar refractivity (Wildman–Crippen MR) is 72.2 cm³/mol. The highest BCUT2D eigenvalue weighted by atomic mass is 16.5. The van der Waals surface area contributed by atoms with Crippen LogP contribution in [-0.4, -0.2) is 26.3 Å². The van der Waals surface area contributed by atoms with Gasteiger partial charge in [0.2, 0.25) is 0 Å². The maximum absolute atomic E-state index is 5.83. The number of ether oxygens (including phenoxy) is 1. The Balaban J connectivity index is 1.94. The number of rotatable bonds is 5. The quantitative estimate of drug-likeness (QED) is 0.743. The summed E-state index contributed by atoms with van der Waals surface area (Å²) in [5, 5.41) is 3.66. The summed E-state index contributed by atoms with van der Waals surface area (Å²) in [6.07, 6.45) is 11.1. The van der Waals surface area contributed by atoms with E-state index in [9.17, 15) is 0 Å². The molecule has 1 heterocycles. The van der Waals surface area contributed by atoms with E-state index < -0.39 is 0 Å². The molecular formula is C15H29NO. The molecule has 1 atom stereocenters. The maximum atomic E-state index is 5.83. The highest BCUT2D eigenvalue weighted by Gasteiger charge is 2.40. The molecule has 0 radical (unpaired) electrons. The van der Waals surface area contributed by atoms with Crippen molar-refractivity contribution in [2.45, 2.75) is 58.3 Å². The van der Waals surface area contributed by atoms with Crippen LogP contribution in [0.25, 0.3) is 0 Å². The molecule has 2 fully saturated rings. The van der Waals surface area contributed by atoms with Crippen LogP contribution in [0.15, 0.2) is 0 Å². The number of nitrogens with one attached hydrogen (secondary N) is 1. The Morgan fingerprint density at radius 1 is 1.18 bits per heavy atom. The fourth-order valence-corrected chi connectivity index (χ4v) is 3.71. The van der Waals surface area contributed by atoms with Crippen molar-refractivity contribution < 1.29 is 4.74 Å². The molecule has 1 saturated carbocycles. The molecule has 0 spiro atoms. The second kappa shape index (κ2) is 6.75. The summed E-state index contributed by atoms with van der Waals surface area (Å²) in [7, 11) is 0. The molecule has 0 aromatic carbocycles. The Kier molecular flexibility index (Phi) is 5.30. The van der Waals surface area contributed by atoms with Gasteiger partial charge in [-0.1, -0.05) is 26.2 Å². The van der Waals surface area contributed by atoms with E-state index in [0.29, 0.717) is 5.41 Å². The standard InChI is InChI=1S/C15H29NO/c1-2-10-16-12-15(9-6-11-17-13-15)14-7-4-3-5-8-14/h14,16H,2-13H2,1H3. The zero-order valence-corrected chi connectivity index (χ0v) is 11.5. The molecule has 1 aliphatic carbocycles. The Hall–Kier alpha value is -0.0800. The molecular weight excluding hydrogens is 210 g/mol. The zero-order valence-electron chi connectivity index (χ0n) is 11.5. The first kappa shape index (κ1) is 13.4. The molecule has 2 nitrogen and oxygen atoms in total. The molecule has 1 saturated heterocycles. The van der Waals surface area contributed by atoms with Crippen LogP contribution in [0.1, 0.15) is 58.3 Å². The van der Waals surface area contributed by atoms with Crippen molar-refractivity contribution >= 4 is 0 Å². The first-order valence-electron chi connectivity index (χ1n) is 7.66. The molecule has 0 aromatic heterocycles. The minimum atomic E-state index is 0.466. The Morgan fingerprint density at radius 3 is 2.65 bits per heavy atom. The second-order valence-corrected chi connectivity index (χ2v) is 6.03. The van der Waals surface area contributed by atoms with E-state index in [1.807, 2.05) is 0 Å². The Bertz CT molecular complexity index is 205. The maximum Gasteiger partial charge on any atom is 0.0537 e. The van der Waals surface area contributed by atoms with Gasteiger partial charge in [0.05, 0.1) is 6.61 Å². The third-order valence-corrected chi connectivity index (χ3v) is 4.73. The molecule has 1 N–H and O–H groups in total. The monoisotopic (exact) mass is 239 g/mol. The first-order chi connectivity index (χ1) is 8.37. The van der Waals surface area contributed by atoms with Crippen molar-refractivity contribution in [2.24, 2.45) is 11.3 Å². The van der Waals surface area contributed by atoms with E-state index in [1.54, 1.807) is 0 Å². The van der Waals surface area contributed by atoms with Crippen LogP contribution < -0.4 is 5.32 Å². The minimum Gasteiger partial charge on any atom is -0.381 e. The van der Waals surface area contributed by atoms with Crippen LogP contribution in [0, 0.1) is 11.3 Å². The summed E-state index contributed by atoms with van der Waals surface area (Å²) in [5.74, 6) is 0.918. The van der Waals surface area contributed by atoms with Gasteiger partial charge in [0.1, 0.15) is 0 Å². The summed E-state index contributed by atoms with van der Waals surface area (Å²) in [6, 6.07) is 0. The molecule has 0 amide bonds. The largest absolute Gasteiger partial charge is 0.381 e. The highest BCUT2D eigenvalue weighted by Crippen LogP contribution is 2.43. The van der Waals surface area contributed by atoms with Gasteiger partial charge >= 0.3 is 0 Å². The number of hydrogen-bond donors (Lipinski definition) is 1. The molecule has 2 aliphatic rings. The summed E-state index contributed by atoms with van der Waals surface area (Å²) >= 11 is 0. The average molecular weight is 239 g/mol. The van der Waals surface area contributed by atoms with Crippen LogP contribution in [0.4, 0.5) is 0 Å². The topological polar surface area (TPSA) is 21.3 Å². The highest BCUT2D eigenvalue weighted by molar-refractivity contribution is 4.91. The SMILES string of the molecule is CCCNCC1(C2CCCCC2)CCCOC1. The Morgan fingerprint density at radius 2 is 2.00 bits per heavy atom. The third kappa shape index (κ3) is 3.45. The summed E-state index contributed by atoms with van der Waals surface area (Å²) in [6.45, 7) is 6.59. The summed E-state index contributed by atoms with van der Waals surface area (Å²) < 4.78 is 5.83. The summed E-state index contributed by atoms with van der Waals surface area (Å²) in [4.78, 5) is 0. The van der Waals surface area contributed by atoms with Crippen LogP contribution in [-0.2, 0) is 4.74 Å². The van der Waals surface area contributed by atoms with Gasteiger partial charge in [0.15, 0.2) is 0 Å². The van der Waals surface area contributed by atoms with E-state index >= 15 is 0 Å². The summed E-state index contributed by atoms with van der Waals surface area (Å²) in [5.41, 5.74) is 0.466. The van der Waals surface area contributed by atoms with Gasteiger partial charge in [0, 0.05) is 18.6 Å². The van der Waals surface area contributed by atoms with E-state index in [2.05, 4.69) is 12.2 Å². The van der Waals surface area contributed by atoms with Crippen LogP contribution in [0.5, 0.6) is 0 Å². The van der Waals surface area contributed by atoms with E-state index in [0.717, 1.165) is 25.7 Å². The van der Waals surface area contributed by atoms with Crippen molar-refractivity contribution in [3.05, 3.63) is 0 Å². The molecule has 1 aliphatic heterocycles. The first-order valence-corrected chi connectivity index (χ1v) is 7.66. The van der Waals surface area contributed by atoms with Gasteiger partial charge in [0.25, 0.3) is 0 Å². The van der Waals surface area contributed by atoms with Crippen molar-refractivity contribution in [1.29, 1.82) is 0 Å². The smallest absolute Gasteiger partial charge is 0.0537 e. The normalized spacial score (nSPS) is 31.6. The fourth-order valence-electron chi connectivity index (χ4n) is 3.71. The van der Waals surface area contributed by atoms with E-state index in [4.69, 9.17) is 4.74 Å². The lowest BCUT2D eigenvalue weighted by atomic mass is 9.66. The predicted octanol–water partition coefficient (Wildman–Crippen LogP) is 3.36.